The number of hydrogen-bond acceptors (Lipinski definition) is 6. The monoisotopic (exact) mass is 530 g/mol. The number of rotatable bonds is 6. The number of likely N-dealkylation sites (N-methyl/N-ethyl adjacent to an activating group) is 1. The minimum absolute atomic E-state index is 0.0905. The van der Waals surface area contributed by atoms with Gasteiger partial charge in [0.25, 0.3) is 0 Å². The lowest BCUT2D eigenvalue weighted by molar-refractivity contribution is -0.130. The summed E-state index contributed by atoms with van der Waals surface area (Å²) >= 11 is 0. The molecular weight excluding hydrogens is 488 g/mol. The molecular formula is C30H42N8O. The predicted molar refractivity (Wildman–Crippen MR) is 156 cm³/mol. The molecule has 1 unspecified atom stereocenters. The summed E-state index contributed by atoms with van der Waals surface area (Å²) in [5.41, 5.74) is 15.5. The zero-order valence-electron chi connectivity index (χ0n) is 23.6. The van der Waals surface area contributed by atoms with Gasteiger partial charge in [-0.1, -0.05) is 31.4 Å². The number of amidine groups is 1. The molecule has 1 saturated carbocycles. The standard InChI is InChI=1S/C30H42N8O/c1-20-32-30(31)29-25(16-27(38(29)33-20)22-11-13-36(14-12-22)19-28(39)35(2)3)23-9-10-24-18-37(34-26(24)15-23)17-21-7-5-4-6-8-21/h9-10,15-16,18,20-22,33H,4-8,11-14,17,19H2,1-3H3,(H2,31,32). The first-order valence-electron chi connectivity index (χ1n) is 14.6. The maximum atomic E-state index is 12.2. The molecule has 0 spiro atoms. The molecule has 1 saturated heterocycles. The van der Waals surface area contributed by atoms with Gasteiger partial charge >= 0.3 is 0 Å². The molecule has 4 heterocycles. The number of carbonyl (C=O) groups excluding carboxylic acids is 1. The molecule has 6 rings (SSSR count). The lowest BCUT2D eigenvalue weighted by Crippen LogP contribution is -2.42. The highest BCUT2D eigenvalue weighted by Gasteiger charge is 2.30. The third-order valence-corrected chi connectivity index (χ3v) is 8.82. The molecule has 3 aliphatic rings. The summed E-state index contributed by atoms with van der Waals surface area (Å²) in [5.74, 6) is 1.85. The van der Waals surface area contributed by atoms with E-state index in [0.717, 1.165) is 60.7 Å². The summed E-state index contributed by atoms with van der Waals surface area (Å²) < 4.78 is 4.33. The lowest BCUT2D eigenvalue weighted by Gasteiger charge is -2.33. The number of likely N-dealkylation sites (tertiary alicyclic amines) is 1. The van der Waals surface area contributed by atoms with Crippen LogP contribution in [0.25, 0.3) is 22.0 Å². The van der Waals surface area contributed by atoms with Crippen LogP contribution in [0, 0.1) is 5.92 Å². The fourth-order valence-corrected chi connectivity index (χ4v) is 6.61. The second-order valence-electron chi connectivity index (χ2n) is 12.0. The van der Waals surface area contributed by atoms with Crippen LogP contribution >= 0.6 is 0 Å². The van der Waals surface area contributed by atoms with Crippen molar-refractivity contribution in [3.63, 3.8) is 0 Å². The second-order valence-corrected chi connectivity index (χ2v) is 12.0. The Morgan fingerprint density at radius 3 is 2.62 bits per heavy atom. The molecule has 1 aromatic carbocycles. The first-order valence-corrected chi connectivity index (χ1v) is 14.6. The highest BCUT2D eigenvalue weighted by atomic mass is 16.2. The second kappa shape index (κ2) is 10.7. The van der Waals surface area contributed by atoms with E-state index >= 15 is 0 Å². The van der Waals surface area contributed by atoms with E-state index in [-0.39, 0.29) is 12.1 Å². The van der Waals surface area contributed by atoms with Crippen molar-refractivity contribution in [1.82, 2.24) is 24.3 Å². The SMILES string of the molecule is CC1N=C(N)c2c(-c3ccc4cn(CC5CCCCC5)nc4c3)cc(C3CCN(CC(=O)N(C)C)CC3)n2N1. The van der Waals surface area contributed by atoms with Crippen molar-refractivity contribution in [3.8, 4) is 11.1 Å². The number of amides is 1. The summed E-state index contributed by atoms with van der Waals surface area (Å²) in [7, 11) is 3.64. The number of benzene rings is 1. The van der Waals surface area contributed by atoms with Gasteiger partial charge in [0.15, 0.2) is 0 Å². The van der Waals surface area contributed by atoms with Gasteiger partial charge in [0.05, 0.1) is 12.1 Å². The molecule has 1 aliphatic carbocycles. The molecule has 2 aromatic heterocycles. The Kier molecular flexibility index (Phi) is 7.10. The van der Waals surface area contributed by atoms with Crippen LogP contribution < -0.4 is 11.2 Å². The van der Waals surface area contributed by atoms with Gasteiger partial charge in [-0.15, -0.1) is 0 Å². The first-order chi connectivity index (χ1) is 18.9. The molecule has 9 nitrogen and oxygen atoms in total. The van der Waals surface area contributed by atoms with Crippen molar-refractivity contribution >= 4 is 22.6 Å². The van der Waals surface area contributed by atoms with Crippen LogP contribution in [0.4, 0.5) is 0 Å². The van der Waals surface area contributed by atoms with Crippen molar-refractivity contribution in [1.29, 1.82) is 0 Å². The van der Waals surface area contributed by atoms with Gasteiger partial charge in [0.2, 0.25) is 5.91 Å². The van der Waals surface area contributed by atoms with E-state index in [9.17, 15) is 4.79 Å². The zero-order chi connectivity index (χ0) is 27.1. The molecule has 0 bridgehead atoms. The van der Waals surface area contributed by atoms with Gasteiger partial charge in [-0.25, -0.2) is 4.99 Å². The summed E-state index contributed by atoms with van der Waals surface area (Å²) in [5, 5.41) is 6.15. The van der Waals surface area contributed by atoms with Crippen molar-refractivity contribution in [2.75, 3.05) is 39.2 Å². The minimum Gasteiger partial charge on any atom is -0.382 e. The van der Waals surface area contributed by atoms with Crippen LogP contribution in [0.1, 0.15) is 69.2 Å². The lowest BCUT2D eigenvalue weighted by atomic mass is 9.89. The average molecular weight is 531 g/mol. The number of nitrogens with two attached hydrogens (primary N) is 1. The molecule has 39 heavy (non-hydrogen) atoms. The van der Waals surface area contributed by atoms with Crippen LogP contribution in [0.5, 0.6) is 0 Å². The molecule has 2 aliphatic heterocycles. The number of aromatic nitrogens is 3. The quantitative estimate of drug-likeness (QED) is 0.503. The molecule has 3 N–H and O–H groups in total. The Hall–Kier alpha value is -3.33. The van der Waals surface area contributed by atoms with Crippen LogP contribution in [-0.2, 0) is 11.3 Å². The van der Waals surface area contributed by atoms with Crippen LogP contribution in [0.15, 0.2) is 35.5 Å². The van der Waals surface area contributed by atoms with Crippen LogP contribution in [0.3, 0.4) is 0 Å². The fraction of sp³-hybridized carbons (Fsp3) is 0.567. The van der Waals surface area contributed by atoms with Crippen LogP contribution in [-0.4, -0.2) is 75.9 Å². The Bertz CT molecular complexity index is 1370. The van der Waals surface area contributed by atoms with E-state index in [1.54, 1.807) is 4.90 Å². The zero-order valence-corrected chi connectivity index (χ0v) is 23.6. The van der Waals surface area contributed by atoms with Crippen LogP contribution in [0.2, 0.25) is 0 Å². The number of fused-ring (bicyclic) bond motifs is 2. The van der Waals surface area contributed by atoms with Gasteiger partial charge in [-0.3, -0.25) is 19.1 Å². The van der Waals surface area contributed by atoms with Crippen molar-refractivity contribution in [3.05, 3.63) is 41.9 Å². The van der Waals surface area contributed by atoms with E-state index in [1.807, 2.05) is 21.0 Å². The Morgan fingerprint density at radius 1 is 1.10 bits per heavy atom. The summed E-state index contributed by atoms with van der Waals surface area (Å²) in [6, 6.07) is 8.88. The number of piperidine rings is 1. The first kappa shape index (κ1) is 25.9. The number of nitrogens with one attached hydrogen (secondary N) is 1. The molecule has 3 aromatic rings. The van der Waals surface area contributed by atoms with Gasteiger partial charge < -0.3 is 16.1 Å². The normalized spacial score (nSPS) is 21.0. The number of hydrogen-bond donors (Lipinski definition) is 2. The smallest absolute Gasteiger partial charge is 0.236 e. The van der Waals surface area contributed by atoms with E-state index < -0.39 is 0 Å². The highest BCUT2D eigenvalue weighted by molar-refractivity contribution is 6.04. The Morgan fingerprint density at radius 2 is 1.87 bits per heavy atom. The summed E-state index contributed by atoms with van der Waals surface area (Å²) in [6.45, 7) is 5.34. The molecule has 1 amide bonds. The Labute approximate surface area is 231 Å². The highest BCUT2D eigenvalue weighted by Crippen LogP contribution is 2.37. The number of aliphatic imine (C=N–C) groups is 1. The van der Waals surface area contributed by atoms with Gasteiger partial charge in [0, 0.05) is 49.4 Å². The van der Waals surface area contributed by atoms with Gasteiger partial charge in [0.1, 0.15) is 17.7 Å². The molecule has 9 heteroatoms. The topological polar surface area (TPSA) is 96.7 Å². The number of carbonyl (C=O) groups is 1. The van der Waals surface area contributed by atoms with Gasteiger partial charge in [-0.05, 0) is 69.3 Å². The van der Waals surface area contributed by atoms with Crippen molar-refractivity contribution in [2.24, 2.45) is 16.6 Å². The maximum Gasteiger partial charge on any atom is 0.236 e. The molecule has 1 atom stereocenters. The van der Waals surface area contributed by atoms with E-state index in [0.29, 0.717) is 18.3 Å². The molecule has 2 fully saturated rings. The molecule has 0 radical (unpaired) electrons. The third kappa shape index (κ3) is 5.29. The average Bonchev–Trinajstić information content (AvgIpc) is 3.50. The Balaban J connectivity index is 1.28. The van der Waals surface area contributed by atoms with E-state index in [1.165, 1.54) is 43.2 Å². The number of nitrogens with zero attached hydrogens (tertiary/aromatic N) is 6. The van der Waals surface area contributed by atoms with Crippen molar-refractivity contribution in [2.45, 2.75) is 70.5 Å². The predicted octanol–water partition coefficient (Wildman–Crippen LogP) is 3.96. The summed E-state index contributed by atoms with van der Waals surface area (Å²) in [4.78, 5) is 20.8. The summed E-state index contributed by atoms with van der Waals surface area (Å²) in [6.07, 6.45) is 10.8. The third-order valence-electron chi connectivity index (χ3n) is 8.82. The largest absolute Gasteiger partial charge is 0.382 e. The van der Waals surface area contributed by atoms with Crippen molar-refractivity contribution < 1.29 is 4.79 Å². The van der Waals surface area contributed by atoms with E-state index in [4.69, 9.17) is 10.8 Å². The minimum atomic E-state index is -0.0905. The molecule has 208 valence electrons. The fourth-order valence-electron chi connectivity index (χ4n) is 6.61. The van der Waals surface area contributed by atoms with E-state index in [2.05, 4.69) is 55.1 Å². The maximum absolute atomic E-state index is 12.2. The van der Waals surface area contributed by atoms with Gasteiger partial charge in [-0.2, -0.15) is 5.10 Å².